The van der Waals surface area contributed by atoms with Crippen LogP contribution in [0.2, 0.25) is 0 Å². The van der Waals surface area contributed by atoms with E-state index in [2.05, 4.69) is 25.5 Å². The summed E-state index contributed by atoms with van der Waals surface area (Å²) in [5.41, 5.74) is 1.87. The molecule has 3 heterocycles. The number of hydrogen-bond donors (Lipinski definition) is 2. The predicted molar refractivity (Wildman–Crippen MR) is 90.1 cm³/mol. The fourth-order valence-electron chi connectivity index (χ4n) is 2.45. The van der Waals surface area contributed by atoms with Crippen LogP contribution in [0.3, 0.4) is 0 Å². The van der Waals surface area contributed by atoms with Crippen molar-refractivity contribution in [2.45, 2.75) is 0 Å². The van der Waals surface area contributed by atoms with Crippen LogP contribution in [0.1, 0.15) is 16.1 Å². The Morgan fingerprint density at radius 2 is 2.12 bits per heavy atom. The van der Waals surface area contributed by atoms with Crippen molar-refractivity contribution in [2.75, 3.05) is 5.32 Å². The molecule has 0 saturated heterocycles. The molecule has 25 heavy (non-hydrogen) atoms. The first kappa shape index (κ1) is 14.6. The molecular weight excluding hydrogens is 318 g/mol. The number of nitrogens with one attached hydrogen (secondary N) is 2. The van der Waals surface area contributed by atoms with Gasteiger partial charge in [-0.1, -0.05) is 0 Å². The van der Waals surface area contributed by atoms with Crippen LogP contribution in [-0.4, -0.2) is 30.6 Å². The number of rotatable bonds is 3. The Balaban J connectivity index is 1.73. The van der Waals surface area contributed by atoms with Crippen molar-refractivity contribution in [3.05, 3.63) is 66.5 Å². The summed E-state index contributed by atoms with van der Waals surface area (Å²) in [7, 11) is 0. The fraction of sp³-hybridized carbons (Fsp3) is 0. The van der Waals surface area contributed by atoms with Crippen LogP contribution >= 0.6 is 0 Å². The van der Waals surface area contributed by atoms with Gasteiger partial charge in [0.2, 0.25) is 0 Å². The summed E-state index contributed by atoms with van der Waals surface area (Å²) < 4.78 is 1.71. The van der Waals surface area contributed by atoms with Gasteiger partial charge in [0.25, 0.3) is 5.91 Å². The van der Waals surface area contributed by atoms with Gasteiger partial charge >= 0.3 is 0 Å². The SMILES string of the molecule is N#Cc1ccc(NC(=O)c2nc(-n3ccnc3)cc3cn[nH]c23)cc1. The van der Waals surface area contributed by atoms with E-state index in [1.165, 1.54) is 0 Å². The quantitative estimate of drug-likeness (QED) is 0.599. The molecule has 120 valence electrons. The number of imidazole rings is 1. The van der Waals surface area contributed by atoms with Gasteiger partial charge in [0, 0.05) is 23.5 Å². The number of fused-ring (bicyclic) bond motifs is 1. The Bertz CT molecular complexity index is 1090. The Hall–Kier alpha value is -3.99. The minimum absolute atomic E-state index is 0.225. The van der Waals surface area contributed by atoms with Crippen LogP contribution in [-0.2, 0) is 0 Å². The van der Waals surface area contributed by atoms with Crippen LogP contribution in [0, 0.1) is 11.3 Å². The molecule has 0 bridgehead atoms. The third-order valence-electron chi connectivity index (χ3n) is 3.67. The first-order valence-corrected chi connectivity index (χ1v) is 7.38. The summed E-state index contributed by atoms with van der Waals surface area (Å²) >= 11 is 0. The van der Waals surface area contributed by atoms with Gasteiger partial charge in [-0.05, 0) is 30.3 Å². The van der Waals surface area contributed by atoms with E-state index in [0.717, 1.165) is 5.39 Å². The lowest BCUT2D eigenvalue weighted by Gasteiger charge is -2.08. The van der Waals surface area contributed by atoms with Crippen molar-refractivity contribution < 1.29 is 4.79 Å². The molecular formula is C17H11N7O. The molecule has 8 nitrogen and oxygen atoms in total. The Kier molecular flexibility index (Phi) is 3.44. The van der Waals surface area contributed by atoms with E-state index < -0.39 is 0 Å². The van der Waals surface area contributed by atoms with Gasteiger partial charge in [-0.25, -0.2) is 9.97 Å². The van der Waals surface area contributed by atoms with Crippen LogP contribution in [0.25, 0.3) is 16.7 Å². The average Bonchev–Trinajstić information content (AvgIpc) is 3.32. The van der Waals surface area contributed by atoms with E-state index in [1.807, 2.05) is 12.1 Å². The molecule has 0 fully saturated rings. The van der Waals surface area contributed by atoms with E-state index in [1.54, 1.807) is 53.8 Å². The third-order valence-corrected chi connectivity index (χ3v) is 3.67. The van der Waals surface area contributed by atoms with Gasteiger partial charge < -0.3 is 5.32 Å². The second kappa shape index (κ2) is 5.90. The van der Waals surface area contributed by atoms with Crippen molar-refractivity contribution in [2.24, 2.45) is 0 Å². The van der Waals surface area contributed by atoms with Crippen molar-refractivity contribution in [1.29, 1.82) is 5.26 Å². The number of amides is 1. The number of nitrogens with zero attached hydrogens (tertiary/aromatic N) is 5. The smallest absolute Gasteiger partial charge is 0.276 e. The molecule has 2 N–H and O–H groups in total. The van der Waals surface area contributed by atoms with E-state index in [9.17, 15) is 4.79 Å². The predicted octanol–water partition coefficient (Wildman–Crippen LogP) is 2.27. The number of benzene rings is 1. The number of H-pyrrole nitrogens is 1. The molecule has 0 atom stereocenters. The highest BCUT2D eigenvalue weighted by Crippen LogP contribution is 2.19. The highest BCUT2D eigenvalue weighted by atomic mass is 16.1. The summed E-state index contributed by atoms with van der Waals surface area (Å²) in [5, 5.41) is 19.2. The standard InChI is InChI=1S/C17H11N7O/c18-8-11-1-3-13(4-2-11)21-17(25)16-15-12(9-20-23-15)7-14(22-16)24-6-5-19-10-24/h1-7,9-10H,(H,20,23)(H,21,25). The lowest BCUT2D eigenvalue weighted by molar-refractivity contribution is 0.102. The molecule has 0 spiro atoms. The van der Waals surface area contributed by atoms with Gasteiger partial charge in [-0.15, -0.1) is 0 Å². The molecule has 0 aliphatic heterocycles. The molecule has 4 aromatic rings. The topological polar surface area (TPSA) is 112 Å². The largest absolute Gasteiger partial charge is 0.321 e. The lowest BCUT2D eigenvalue weighted by atomic mass is 10.2. The first-order valence-electron chi connectivity index (χ1n) is 7.38. The van der Waals surface area contributed by atoms with Gasteiger partial charge in [0.15, 0.2) is 5.69 Å². The summed E-state index contributed by atoms with van der Waals surface area (Å²) in [4.78, 5) is 21.1. The summed E-state index contributed by atoms with van der Waals surface area (Å²) in [6, 6.07) is 10.5. The van der Waals surface area contributed by atoms with Crippen LogP contribution in [0.5, 0.6) is 0 Å². The number of anilines is 1. The molecule has 1 amide bonds. The van der Waals surface area contributed by atoms with Gasteiger partial charge in [0.05, 0.1) is 23.3 Å². The summed E-state index contributed by atoms with van der Waals surface area (Å²) in [5.74, 6) is 0.192. The highest BCUT2D eigenvalue weighted by molar-refractivity contribution is 6.10. The second-order valence-electron chi connectivity index (χ2n) is 5.28. The maximum Gasteiger partial charge on any atom is 0.276 e. The molecule has 0 radical (unpaired) electrons. The van der Waals surface area contributed by atoms with Crippen LogP contribution in [0.15, 0.2) is 55.2 Å². The Morgan fingerprint density at radius 3 is 2.84 bits per heavy atom. The van der Waals surface area contributed by atoms with Crippen LogP contribution in [0.4, 0.5) is 5.69 Å². The zero-order valence-corrected chi connectivity index (χ0v) is 12.8. The van der Waals surface area contributed by atoms with Gasteiger partial charge in [0.1, 0.15) is 12.1 Å². The maximum absolute atomic E-state index is 12.7. The summed E-state index contributed by atoms with van der Waals surface area (Å²) in [6.45, 7) is 0. The fourth-order valence-corrected chi connectivity index (χ4v) is 2.45. The normalized spacial score (nSPS) is 10.5. The number of nitriles is 1. The zero-order valence-electron chi connectivity index (χ0n) is 12.8. The number of pyridine rings is 1. The maximum atomic E-state index is 12.7. The third kappa shape index (κ3) is 2.70. The second-order valence-corrected chi connectivity index (χ2v) is 5.28. The molecule has 0 aliphatic rings. The molecule has 4 rings (SSSR count). The first-order chi connectivity index (χ1) is 12.2. The molecule has 3 aromatic heterocycles. The van der Waals surface area contributed by atoms with Crippen molar-refractivity contribution in [3.63, 3.8) is 0 Å². The number of carbonyl (C=O) groups is 1. The van der Waals surface area contributed by atoms with Crippen molar-refractivity contribution >= 4 is 22.5 Å². The minimum Gasteiger partial charge on any atom is -0.321 e. The number of carbonyl (C=O) groups excluding carboxylic acids is 1. The Morgan fingerprint density at radius 1 is 1.28 bits per heavy atom. The number of aromatic amines is 1. The molecule has 1 aromatic carbocycles. The van der Waals surface area contributed by atoms with Crippen molar-refractivity contribution in [1.82, 2.24) is 24.7 Å². The van der Waals surface area contributed by atoms with Crippen LogP contribution < -0.4 is 5.32 Å². The lowest BCUT2D eigenvalue weighted by Crippen LogP contribution is -2.15. The molecule has 0 saturated carbocycles. The number of aromatic nitrogens is 5. The van der Waals surface area contributed by atoms with Crippen molar-refractivity contribution in [3.8, 4) is 11.9 Å². The molecule has 0 aliphatic carbocycles. The molecule has 8 heteroatoms. The van der Waals surface area contributed by atoms with Gasteiger partial charge in [-0.3, -0.25) is 14.5 Å². The zero-order chi connectivity index (χ0) is 17.2. The van der Waals surface area contributed by atoms with E-state index in [0.29, 0.717) is 22.6 Å². The monoisotopic (exact) mass is 329 g/mol. The molecule has 0 unspecified atom stereocenters. The highest BCUT2D eigenvalue weighted by Gasteiger charge is 2.16. The minimum atomic E-state index is -0.374. The average molecular weight is 329 g/mol. The summed E-state index contributed by atoms with van der Waals surface area (Å²) in [6.07, 6.45) is 6.63. The van der Waals surface area contributed by atoms with E-state index in [-0.39, 0.29) is 11.6 Å². The van der Waals surface area contributed by atoms with E-state index >= 15 is 0 Å². The van der Waals surface area contributed by atoms with E-state index in [4.69, 9.17) is 5.26 Å². The number of hydrogen-bond acceptors (Lipinski definition) is 5. The Labute approximate surface area is 141 Å². The van der Waals surface area contributed by atoms with Gasteiger partial charge in [-0.2, -0.15) is 10.4 Å².